The lowest BCUT2D eigenvalue weighted by molar-refractivity contribution is 0.105. The average molecular weight is 179 g/mol. The van der Waals surface area contributed by atoms with Crippen LogP contribution in [-0.2, 0) is 0 Å². The summed E-state index contributed by atoms with van der Waals surface area (Å²) in [5.74, 6) is 0. The van der Waals surface area contributed by atoms with Crippen LogP contribution in [0.1, 0.15) is 30.9 Å². The second kappa shape index (κ2) is 3.16. The maximum atomic E-state index is 6.19. The zero-order valence-corrected chi connectivity index (χ0v) is 7.79. The predicted octanol–water partition coefficient (Wildman–Crippen LogP) is 1.14. The van der Waals surface area contributed by atoms with E-state index in [1.54, 1.807) is 0 Å². The molecule has 3 nitrogen and oxygen atoms in total. The van der Waals surface area contributed by atoms with Gasteiger partial charge in [-0.15, -0.1) is 0 Å². The molecule has 1 aromatic heterocycles. The number of hydrogen-bond donors (Lipinski definition) is 3. The van der Waals surface area contributed by atoms with Gasteiger partial charge < -0.3 is 16.5 Å². The fourth-order valence-corrected chi connectivity index (χ4v) is 2.16. The highest BCUT2D eigenvalue weighted by molar-refractivity contribution is 5.18. The third-order valence-corrected chi connectivity index (χ3v) is 3.40. The van der Waals surface area contributed by atoms with Gasteiger partial charge in [-0.25, -0.2) is 0 Å². The molecule has 0 aliphatic heterocycles. The summed E-state index contributed by atoms with van der Waals surface area (Å²) in [4.78, 5) is 3.03. The zero-order chi connectivity index (χ0) is 9.31. The van der Waals surface area contributed by atoms with E-state index in [1.807, 2.05) is 18.5 Å². The molecular formula is C10H17N3. The second-order valence-corrected chi connectivity index (χ2v) is 4.04. The first-order chi connectivity index (χ1) is 6.28. The Morgan fingerprint density at radius 3 is 2.69 bits per heavy atom. The molecule has 1 saturated carbocycles. The van der Waals surface area contributed by atoms with Gasteiger partial charge in [-0.1, -0.05) is 6.42 Å². The molecule has 1 unspecified atom stereocenters. The first-order valence-corrected chi connectivity index (χ1v) is 4.87. The Morgan fingerprint density at radius 2 is 2.31 bits per heavy atom. The van der Waals surface area contributed by atoms with Crippen molar-refractivity contribution in [2.75, 3.05) is 6.54 Å². The fraction of sp³-hybridized carbons (Fsp3) is 0.600. The van der Waals surface area contributed by atoms with E-state index in [1.165, 1.54) is 24.8 Å². The summed E-state index contributed by atoms with van der Waals surface area (Å²) in [6, 6.07) is 2.15. The van der Waals surface area contributed by atoms with Crippen LogP contribution in [0.3, 0.4) is 0 Å². The molecule has 0 amide bonds. The number of H-pyrrole nitrogens is 1. The van der Waals surface area contributed by atoms with Gasteiger partial charge in [0, 0.05) is 23.9 Å². The van der Waals surface area contributed by atoms with Crippen molar-refractivity contribution in [1.82, 2.24) is 4.98 Å². The Bertz CT molecular complexity index is 256. The van der Waals surface area contributed by atoms with Gasteiger partial charge in [0.05, 0.1) is 0 Å². The Morgan fingerprint density at radius 1 is 1.54 bits per heavy atom. The van der Waals surface area contributed by atoms with Crippen molar-refractivity contribution in [3.05, 3.63) is 24.0 Å². The summed E-state index contributed by atoms with van der Waals surface area (Å²) in [7, 11) is 0. The SMILES string of the molecule is NCC1(C(N)c2cc[nH]c2)CCC1. The lowest BCUT2D eigenvalue weighted by Gasteiger charge is -2.45. The molecule has 5 N–H and O–H groups in total. The maximum Gasteiger partial charge on any atom is 0.0379 e. The van der Waals surface area contributed by atoms with Gasteiger partial charge in [-0.05, 0) is 31.0 Å². The standard InChI is InChI=1S/C10H17N3/c11-7-10(3-1-4-10)9(12)8-2-5-13-6-8/h2,5-6,9,13H,1,3-4,7,11-12H2. The number of hydrogen-bond acceptors (Lipinski definition) is 2. The van der Waals surface area contributed by atoms with E-state index < -0.39 is 0 Å². The molecule has 3 heteroatoms. The van der Waals surface area contributed by atoms with E-state index in [0.29, 0.717) is 6.54 Å². The summed E-state index contributed by atoms with van der Waals surface area (Å²) >= 11 is 0. The van der Waals surface area contributed by atoms with Gasteiger partial charge >= 0.3 is 0 Å². The number of nitrogens with two attached hydrogens (primary N) is 2. The molecule has 1 atom stereocenters. The first-order valence-electron chi connectivity index (χ1n) is 4.87. The van der Waals surface area contributed by atoms with Crippen molar-refractivity contribution in [1.29, 1.82) is 0 Å². The highest BCUT2D eigenvalue weighted by atomic mass is 14.8. The van der Waals surface area contributed by atoms with E-state index in [9.17, 15) is 0 Å². The van der Waals surface area contributed by atoms with Gasteiger partial charge in [-0.3, -0.25) is 0 Å². The van der Waals surface area contributed by atoms with Crippen molar-refractivity contribution < 1.29 is 0 Å². The molecule has 2 rings (SSSR count). The molecule has 13 heavy (non-hydrogen) atoms. The molecule has 0 saturated heterocycles. The lowest BCUT2D eigenvalue weighted by Crippen LogP contribution is -2.45. The summed E-state index contributed by atoms with van der Waals surface area (Å²) in [5, 5.41) is 0. The van der Waals surface area contributed by atoms with Crippen LogP contribution in [0.5, 0.6) is 0 Å². The molecule has 1 heterocycles. The minimum atomic E-state index is 0.109. The normalized spacial score (nSPS) is 22.3. The van der Waals surface area contributed by atoms with Crippen LogP contribution in [0.2, 0.25) is 0 Å². The quantitative estimate of drug-likeness (QED) is 0.651. The average Bonchev–Trinajstić information content (AvgIpc) is 2.54. The predicted molar refractivity (Wildman–Crippen MR) is 53.1 cm³/mol. The van der Waals surface area contributed by atoms with Crippen LogP contribution in [0.15, 0.2) is 18.5 Å². The molecule has 1 fully saturated rings. The first kappa shape index (κ1) is 8.78. The minimum Gasteiger partial charge on any atom is -0.367 e. The monoisotopic (exact) mass is 179 g/mol. The van der Waals surface area contributed by atoms with Crippen molar-refractivity contribution in [2.45, 2.75) is 25.3 Å². The maximum absolute atomic E-state index is 6.19. The van der Waals surface area contributed by atoms with Gasteiger partial charge in [0.25, 0.3) is 0 Å². The van der Waals surface area contributed by atoms with E-state index in [2.05, 4.69) is 4.98 Å². The third kappa shape index (κ3) is 1.28. The van der Waals surface area contributed by atoms with Crippen molar-refractivity contribution in [3.8, 4) is 0 Å². The molecule has 1 aliphatic rings. The summed E-state index contributed by atoms with van der Waals surface area (Å²) in [6.45, 7) is 0.708. The smallest absolute Gasteiger partial charge is 0.0379 e. The van der Waals surface area contributed by atoms with E-state index in [-0.39, 0.29) is 11.5 Å². The van der Waals surface area contributed by atoms with Crippen LogP contribution in [0, 0.1) is 5.41 Å². The number of nitrogens with one attached hydrogen (secondary N) is 1. The molecular weight excluding hydrogens is 162 g/mol. The Labute approximate surface area is 78.5 Å². The fourth-order valence-electron chi connectivity index (χ4n) is 2.16. The Hall–Kier alpha value is -0.800. The van der Waals surface area contributed by atoms with Gasteiger partial charge in [0.2, 0.25) is 0 Å². The Balaban J connectivity index is 2.16. The summed E-state index contributed by atoms with van der Waals surface area (Å²) in [5.41, 5.74) is 13.3. The number of aromatic nitrogens is 1. The van der Waals surface area contributed by atoms with Crippen molar-refractivity contribution >= 4 is 0 Å². The second-order valence-electron chi connectivity index (χ2n) is 4.04. The topological polar surface area (TPSA) is 67.8 Å². The van der Waals surface area contributed by atoms with Crippen LogP contribution in [0.25, 0.3) is 0 Å². The highest BCUT2D eigenvalue weighted by Gasteiger charge is 2.41. The molecule has 0 spiro atoms. The summed E-state index contributed by atoms with van der Waals surface area (Å²) < 4.78 is 0. The van der Waals surface area contributed by atoms with Gasteiger partial charge in [0.15, 0.2) is 0 Å². The number of aromatic amines is 1. The van der Waals surface area contributed by atoms with E-state index in [4.69, 9.17) is 11.5 Å². The summed E-state index contributed by atoms with van der Waals surface area (Å²) in [6.07, 6.45) is 7.51. The zero-order valence-electron chi connectivity index (χ0n) is 7.79. The van der Waals surface area contributed by atoms with Gasteiger partial charge in [0.1, 0.15) is 0 Å². The molecule has 0 radical (unpaired) electrons. The largest absolute Gasteiger partial charge is 0.367 e. The van der Waals surface area contributed by atoms with Crippen molar-refractivity contribution in [2.24, 2.45) is 16.9 Å². The minimum absolute atomic E-state index is 0.109. The molecule has 72 valence electrons. The third-order valence-electron chi connectivity index (χ3n) is 3.40. The van der Waals surface area contributed by atoms with E-state index >= 15 is 0 Å². The Kier molecular flexibility index (Phi) is 2.14. The number of rotatable bonds is 3. The van der Waals surface area contributed by atoms with Crippen LogP contribution >= 0.6 is 0 Å². The van der Waals surface area contributed by atoms with E-state index in [0.717, 1.165) is 0 Å². The lowest BCUT2D eigenvalue weighted by atomic mass is 9.63. The molecule has 0 aromatic carbocycles. The van der Waals surface area contributed by atoms with Gasteiger partial charge in [-0.2, -0.15) is 0 Å². The van der Waals surface area contributed by atoms with Crippen LogP contribution in [-0.4, -0.2) is 11.5 Å². The molecule has 1 aromatic rings. The highest BCUT2D eigenvalue weighted by Crippen LogP contribution is 2.48. The molecule has 1 aliphatic carbocycles. The van der Waals surface area contributed by atoms with Crippen LogP contribution < -0.4 is 11.5 Å². The molecule has 0 bridgehead atoms. The van der Waals surface area contributed by atoms with Crippen molar-refractivity contribution in [3.63, 3.8) is 0 Å². The van der Waals surface area contributed by atoms with Crippen LogP contribution in [0.4, 0.5) is 0 Å².